The van der Waals surface area contributed by atoms with Crippen molar-refractivity contribution < 1.29 is 19.4 Å². The van der Waals surface area contributed by atoms with Gasteiger partial charge >= 0.3 is 0 Å². The molecule has 1 heterocycles. The van der Waals surface area contributed by atoms with Crippen LogP contribution in [0.15, 0.2) is 36.4 Å². The predicted molar refractivity (Wildman–Crippen MR) is 94.0 cm³/mol. The fourth-order valence-electron chi connectivity index (χ4n) is 2.26. The van der Waals surface area contributed by atoms with Crippen LogP contribution in [0.3, 0.4) is 0 Å². The van der Waals surface area contributed by atoms with Gasteiger partial charge in [-0.25, -0.2) is 0 Å². The average molecular weight is 344 g/mol. The van der Waals surface area contributed by atoms with Crippen molar-refractivity contribution in [1.29, 1.82) is 0 Å². The summed E-state index contributed by atoms with van der Waals surface area (Å²) in [4.78, 5) is 12.3. The molecule has 0 aromatic heterocycles. The Morgan fingerprint density at radius 1 is 1.12 bits per heavy atom. The number of fused-ring (bicyclic) bond motifs is 1. The highest BCUT2D eigenvalue weighted by atomic mass is 32.1. The van der Waals surface area contributed by atoms with Crippen molar-refractivity contribution in [3.63, 3.8) is 0 Å². The molecule has 3 rings (SSSR count). The van der Waals surface area contributed by atoms with Crippen molar-refractivity contribution >= 4 is 28.9 Å². The summed E-state index contributed by atoms with van der Waals surface area (Å²) in [7, 11) is 0. The van der Waals surface area contributed by atoms with Gasteiger partial charge in [0.1, 0.15) is 19.0 Å². The van der Waals surface area contributed by atoms with E-state index in [4.69, 9.17) is 21.7 Å². The zero-order valence-electron chi connectivity index (χ0n) is 13.0. The molecule has 2 aromatic rings. The minimum absolute atomic E-state index is 0.0523. The Labute approximate surface area is 144 Å². The fourth-order valence-corrected chi connectivity index (χ4v) is 2.47. The number of thiocarbonyl (C=S) groups is 1. The van der Waals surface area contributed by atoms with Crippen LogP contribution in [0.1, 0.15) is 15.9 Å². The third-order valence-electron chi connectivity index (χ3n) is 3.43. The SMILES string of the molecule is Cc1ccc(O)c(NC(=S)NC(=O)c2ccc3c(c2)OCCO3)c1. The average Bonchev–Trinajstić information content (AvgIpc) is 2.57. The number of phenolic OH excluding ortho intramolecular Hbond substituents is 1. The smallest absolute Gasteiger partial charge is 0.257 e. The van der Waals surface area contributed by atoms with Gasteiger partial charge in [0.25, 0.3) is 5.91 Å². The van der Waals surface area contributed by atoms with E-state index < -0.39 is 0 Å². The first-order valence-corrected chi connectivity index (χ1v) is 7.75. The first kappa shape index (κ1) is 16.1. The zero-order chi connectivity index (χ0) is 17.1. The summed E-state index contributed by atoms with van der Waals surface area (Å²) in [6.45, 7) is 2.83. The number of phenols is 1. The van der Waals surface area contributed by atoms with Gasteiger partial charge in [-0.3, -0.25) is 10.1 Å². The van der Waals surface area contributed by atoms with Crippen LogP contribution in [0.4, 0.5) is 5.69 Å². The Kier molecular flexibility index (Phi) is 4.52. The summed E-state index contributed by atoms with van der Waals surface area (Å²) < 4.78 is 10.9. The van der Waals surface area contributed by atoms with Gasteiger partial charge in [0.15, 0.2) is 16.6 Å². The van der Waals surface area contributed by atoms with Crippen molar-refractivity contribution in [3.05, 3.63) is 47.5 Å². The lowest BCUT2D eigenvalue weighted by Gasteiger charge is -2.18. The highest BCUT2D eigenvalue weighted by molar-refractivity contribution is 7.80. The molecule has 2 aromatic carbocycles. The van der Waals surface area contributed by atoms with Gasteiger partial charge in [0.2, 0.25) is 0 Å². The summed E-state index contributed by atoms with van der Waals surface area (Å²) in [5.41, 5.74) is 1.79. The molecule has 124 valence electrons. The molecule has 7 heteroatoms. The number of hydrogen-bond acceptors (Lipinski definition) is 5. The topological polar surface area (TPSA) is 79.8 Å². The molecule has 24 heavy (non-hydrogen) atoms. The number of anilines is 1. The van der Waals surface area contributed by atoms with Gasteiger partial charge < -0.3 is 19.9 Å². The predicted octanol–water partition coefficient (Wildman–Crippen LogP) is 2.60. The maximum absolute atomic E-state index is 12.3. The number of ether oxygens (including phenoxy) is 2. The number of carbonyl (C=O) groups is 1. The van der Waals surface area contributed by atoms with Crippen molar-refractivity contribution in [2.75, 3.05) is 18.5 Å². The van der Waals surface area contributed by atoms with Gasteiger partial charge in [-0.15, -0.1) is 0 Å². The summed E-state index contributed by atoms with van der Waals surface area (Å²) in [5.74, 6) is 0.820. The number of rotatable bonds is 2. The molecule has 6 nitrogen and oxygen atoms in total. The normalized spacial score (nSPS) is 12.4. The van der Waals surface area contributed by atoms with Crippen molar-refractivity contribution in [3.8, 4) is 17.2 Å². The Morgan fingerprint density at radius 2 is 1.88 bits per heavy atom. The largest absolute Gasteiger partial charge is 0.506 e. The zero-order valence-corrected chi connectivity index (χ0v) is 13.8. The first-order chi connectivity index (χ1) is 11.5. The van der Waals surface area contributed by atoms with E-state index in [0.717, 1.165) is 5.56 Å². The lowest BCUT2D eigenvalue weighted by Crippen LogP contribution is -2.34. The second kappa shape index (κ2) is 6.76. The van der Waals surface area contributed by atoms with Crippen LogP contribution in [0.25, 0.3) is 0 Å². The molecule has 1 aliphatic heterocycles. The molecule has 0 bridgehead atoms. The standard InChI is InChI=1S/C17H16N2O4S/c1-10-2-4-13(20)12(8-10)18-17(24)19-16(21)11-3-5-14-15(9-11)23-7-6-22-14/h2-5,8-9,20H,6-7H2,1H3,(H2,18,19,21,24). The summed E-state index contributed by atoms with van der Waals surface area (Å²) in [6, 6.07) is 10.00. The summed E-state index contributed by atoms with van der Waals surface area (Å²) in [6.07, 6.45) is 0. The molecule has 0 fully saturated rings. The van der Waals surface area contributed by atoms with Crippen LogP contribution in [0.2, 0.25) is 0 Å². The maximum atomic E-state index is 12.3. The number of nitrogens with one attached hydrogen (secondary N) is 2. The molecule has 0 atom stereocenters. The number of amides is 1. The van der Waals surface area contributed by atoms with E-state index in [9.17, 15) is 9.90 Å². The molecular weight excluding hydrogens is 328 g/mol. The molecule has 1 amide bonds. The quantitative estimate of drug-likeness (QED) is 0.574. The van der Waals surface area contributed by atoms with Crippen LogP contribution < -0.4 is 20.1 Å². The van der Waals surface area contributed by atoms with E-state index in [1.807, 2.05) is 6.92 Å². The third kappa shape index (κ3) is 3.57. The number of hydrogen-bond donors (Lipinski definition) is 3. The molecule has 0 radical (unpaired) electrons. The van der Waals surface area contributed by atoms with E-state index in [2.05, 4.69) is 10.6 Å². The Hall–Kier alpha value is -2.80. The van der Waals surface area contributed by atoms with E-state index in [0.29, 0.717) is 36.0 Å². The van der Waals surface area contributed by atoms with Crippen molar-refractivity contribution in [2.24, 2.45) is 0 Å². The molecule has 0 saturated carbocycles. The van der Waals surface area contributed by atoms with Gasteiger partial charge in [-0.2, -0.15) is 0 Å². The van der Waals surface area contributed by atoms with Gasteiger partial charge in [-0.1, -0.05) is 6.07 Å². The molecule has 0 spiro atoms. The molecule has 1 aliphatic rings. The molecule has 0 saturated heterocycles. The van der Waals surface area contributed by atoms with E-state index >= 15 is 0 Å². The molecule has 3 N–H and O–H groups in total. The monoisotopic (exact) mass is 344 g/mol. The van der Waals surface area contributed by atoms with E-state index in [1.54, 1.807) is 36.4 Å². The highest BCUT2D eigenvalue weighted by Crippen LogP contribution is 2.30. The maximum Gasteiger partial charge on any atom is 0.257 e. The first-order valence-electron chi connectivity index (χ1n) is 7.34. The second-order valence-corrected chi connectivity index (χ2v) is 5.70. The Morgan fingerprint density at radius 3 is 2.67 bits per heavy atom. The molecule has 0 unspecified atom stereocenters. The van der Waals surface area contributed by atoms with Crippen molar-refractivity contribution in [2.45, 2.75) is 6.92 Å². The van der Waals surface area contributed by atoms with Crippen molar-refractivity contribution in [1.82, 2.24) is 5.32 Å². The lowest BCUT2D eigenvalue weighted by molar-refractivity contribution is 0.0976. The van der Waals surface area contributed by atoms with Crippen LogP contribution in [-0.2, 0) is 0 Å². The molecular formula is C17H16N2O4S. The highest BCUT2D eigenvalue weighted by Gasteiger charge is 2.16. The fraction of sp³-hybridized carbons (Fsp3) is 0.176. The molecule has 0 aliphatic carbocycles. The number of aryl methyl sites for hydroxylation is 1. The lowest BCUT2D eigenvalue weighted by atomic mass is 10.2. The minimum atomic E-state index is -0.378. The Bertz CT molecular complexity index is 807. The number of aromatic hydroxyl groups is 1. The van der Waals surface area contributed by atoms with Gasteiger partial charge in [0, 0.05) is 5.56 Å². The third-order valence-corrected chi connectivity index (χ3v) is 3.64. The second-order valence-electron chi connectivity index (χ2n) is 5.29. The van der Waals surface area contributed by atoms with Gasteiger partial charge in [0.05, 0.1) is 5.69 Å². The summed E-state index contributed by atoms with van der Waals surface area (Å²) >= 11 is 5.13. The van der Waals surface area contributed by atoms with Gasteiger partial charge in [-0.05, 0) is 55.0 Å². The number of carbonyl (C=O) groups excluding carboxylic acids is 1. The minimum Gasteiger partial charge on any atom is -0.506 e. The Balaban J connectivity index is 1.68. The van der Waals surface area contributed by atoms with E-state index in [1.165, 1.54) is 0 Å². The van der Waals surface area contributed by atoms with Crippen LogP contribution in [0.5, 0.6) is 17.2 Å². The van der Waals surface area contributed by atoms with Crippen LogP contribution in [0, 0.1) is 6.92 Å². The number of benzene rings is 2. The summed E-state index contributed by atoms with van der Waals surface area (Å²) in [5, 5.41) is 15.3. The van der Waals surface area contributed by atoms with Crippen LogP contribution in [-0.4, -0.2) is 29.3 Å². The van der Waals surface area contributed by atoms with Crippen LogP contribution >= 0.6 is 12.2 Å². The van der Waals surface area contributed by atoms with E-state index in [-0.39, 0.29) is 16.8 Å².